The largest absolute Gasteiger partial charge is 0.289 e. The average Bonchev–Trinajstić information content (AvgIpc) is 2.68. The summed E-state index contributed by atoms with van der Waals surface area (Å²) in [6.07, 6.45) is 6.41. The fourth-order valence-electron chi connectivity index (χ4n) is 3.00. The van der Waals surface area contributed by atoms with E-state index in [0.29, 0.717) is 6.42 Å². The number of sulfonamides is 1. The molecule has 0 saturated heterocycles. The summed E-state index contributed by atoms with van der Waals surface area (Å²) in [5, 5.41) is 9.21. The Kier molecular flexibility index (Phi) is 10.4. The van der Waals surface area contributed by atoms with Crippen LogP contribution in [0.25, 0.3) is 6.08 Å². The number of hydrazine groups is 1. The predicted octanol–water partition coefficient (Wildman–Crippen LogP) is 2.35. The minimum Gasteiger partial charge on any atom is -0.289 e. The van der Waals surface area contributed by atoms with Crippen LogP contribution in [-0.4, -0.2) is 42.7 Å². The Balaban J connectivity index is 3.13. The van der Waals surface area contributed by atoms with Crippen LogP contribution in [0.5, 0.6) is 0 Å². The van der Waals surface area contributed by atoms with Gasteiger partial charge in [-0.3, -0.25) is 20.2 Å². The van der Waals surface area contributed by atoms with Gasteiger partial charge in [-0.1, -0.05) is 62.4 Å². The molecule has 0 spiro atoms. The summed E-state index contributed by atoms with van der Waals surface area (Å²) in [6, 6.07) is 9.45. The second-order valence-corrected chi connectivity index (χ2v) is 9.33. The van der Waals surface area contributed by atoms with Crippen LogP contribution in [-0.2, 0) is 19.6 Å². The number of carbonyl (C=O) groups is 2. The Labute approximate surface area is 178 Å². The molecule has 1 rings (SSSR count). The number of benzene rings is 1. The zero-order chi connectivity index (χ0) is 22.7. The zero-order valence-electron chi connectivity index (χ0n) is 17.6. The summed E-state index contributed by atoms with van der Waals surface area (Å²) < 4.78 is 24.6. The molecule has 0 aliphatic heterocycles. The van der Waals surface area contributed by atoms with Crippen LogP contribution >= 0.6 is 0 Å². The van der Waals surface area contributed by atoms with Gasteiger partial charge >= 0.3 is 0 Å². The number of carbonyl (C=O) groups excluding carboxylic acids is 2. The highest BCUT2D eigenvalue weighted by molar-refractivity contribution is 7.88. The maximum Gasteiger partial charge on any atom is 0.247 e. The van der Waals surface area contributed by atoms with Gasteiger partial charge in [0.25, 0.3) is 0 Å². The first kappa shape index (κ1) is 25.5. The van der Waals surface area contributed by atoms with Crippen LogP contribution in [0.1, 0.15) is 32.3 Å². The SMILES string of the molecule is C=CCN(NC(=O)[C@H](CC(C)C)[C@H](CC=Cc1ccccc1)C(=O)NO)S(C)(=O)=O. The van der Waals surface area contributed by atoms with E-state index in [1.165, 1.54) is 6.08 Å². The third kappa shape index (κ3) is 8.48. The van der Waals surface area contributed by atoms with Crippen LogP contribution in [0.15, 0.2) is 49.1 Å². The quantitative estimate of drug-likeness (QED) is 0.264. The molecule has 0 aliphatic carbocycles. The normalized spacial score (nSPS) is 13.9. The van der Waals surface area contributed by atoms with Crippen LogP contribution < -0.4 is 10.9 Å². The van der Waals surface area contributed by atoms with Crippen molar-refractivity contribution in [3.63, 3.8) is 0 Å². The van der Waals surface area contributed by atoms with Gasteiger partial charge < -0.3 is 0 Å². The molecule has 0 radical (unpaired) electrons. The second kappa shape index (κ2) is 12.3. The predicted molar refractivity (Wildman–Crippen MR) is 116 cm³/mol. The first-order valence-electron chi connectivity index (χ1n) is 9.64. The lowest BCUT2D eigenvalue weighted by Gasteiger charge is -2.28. The van der Waals surface area contributed by atoms with Gasteiger partial charge in [-0.15, -0.1) is 11.0 Å². The highest BCUT2D eigenvalue weighted by atomic mass is 32.2. The summed E-state index contributed by atoms with van der Waals surface area (Å²) in [5.74, 6) is -3.01. The van der Waals surface area contributed by atoms with Gasteiger partial charge in [0.15, 0.2) is 0 Å². The van der Waals surface area contributed by atoms with E-state index >= 15 is 0 Å². The molecule has 2 atom stereocenters. The van der Waals surface area contributed by atoms with Crippen molar-refractivity contribution in [1.82, 2.24) is 15.3 Å². The van der Waals surface area contributed by atoms with E-state index in [0.717, 1.165) is 16.2 Å². The molecular formula is C21H31N3O5S. The van der Waals surface area contributed by atoms with Gasteiger partial charge in [-0.2, -0.15) is 0 Å². The summed E-state index contributed by atoms with van der Waals surface area (Å²) in [4.78, 5) is 25.3. The smallest absolute Gasteiger partial charge is 0.247 e. The number of hydroxylamine groups is 1. The van der Waals surface area contributed by atoms with E-state index in [4.69, 9.17) is 0 Å². The number of allylic oxidation sites excluding steroid dienone is 1. The van der Waals surface area contributed by atoms with Crippen molar-refractivity contribution in [3.05, 3.63) is 54.6 Å². The molecule has 1 aromatic rings. The molecule has 166 valence electrons. The minimum atomic E-state index is -3.72. The molecular weight excluding hydrogens is 406 g/mol. The highest BCUT2D eigenvalue weighted by Crippen LogP contribution is 2.25. The third-order valence-corrected chi connectivity index (χ3v) is 5.47. The van der Waals surface area contributed by atoms with Gasteiger partial charge in [0.1, 0.15) is 0 Å². The fraction of sp³-hybridized carbons (Fsp3) is 0.429. The van der Waals surface area contributed by atoms with Crippen molar-refractivity contribution in [1.29, 1.82) is 0 Å². The Bertz CT molecular complexity index is 837. The van der Waals surface area contributed by atoms with Gasteiger partial charge in [0.2, 0.25) is 21.8 Å². The number of amides is 2. The van der Waals surface area contributed by atoms with E-state index in [2.05, 4.69) is 12.0 Å². The number of nitrogens with one attached hydrogen (secondary N) is 2. The zero-order valence-corrected chi connectivity index (χ0v) is 18.4. The molecule has 1 aromatic carbocycles. The summed E-state index contributed by atoms with van der Waals surface area (Å²) >= 11 is 0. The van der Waals surface area contributed by atoms with E-state index < -0.39 is 33.7 Å². The van der Waals surface area contributed by atoms with Crippen molar-refractivity contribution >= 4 is 27.9 Å². The summed E-state index contributed by atoms with van der Waals surface area (Å²) in [7, 11) is -3.72. The standard InChI is InChI=1S/C21H31N3O5S/c1-5-14-24(30(4,28)29)22-20(25)19(15-16(2)3)18(21(26)23-27)13-9-12-17-10-7-6-8-11-17/h5-12,16,18-19,27H,1,13-15H2,2-4H3,(H,22,25)(H,23,26)/t18-,19+/m0/s1. The first-order chi connectivity index (χ1) is 14.1. The van der Waals surface area contributed by atoms with Gasteiger partial charge in [0, 0.05) is 0 Å². The molecule has 3 N–H and O–H groups in total. The molecule has 0 aromatic heterocycles. The Morgan fingerprint density at radius 3 is 2.30 bits per heavy atom. The molecule has 30 heavy (non-hydrogen) atoms. The molecule has 8 nitrogen and oxygen atoms in total. The highest BCUT2D eigenvalue weighted by Gasteiger charge is 2.35. The molecule has 0 heterocycles. The van der Waals surface area contributed by atoms with Crippen molar-refractivity contribution in [2.75, 3.05) is 12.8 Å². The molecule has 9 heteroatoms. The number of rotatable bonds is 12. The van der Waals surface area contributed by atoms with Gasteiger partial charge in [-0.05, 0) is 24.3 Å². The average molecular weight is 438 g/mol. The lowest BCUT2D eigenvalue weighted by atomic mass is 9.82. The number of nitrogens with zero attached hydrogens (tertiary/aromatic N) is 1. The molecule has 2 amide bonds. The molecule has 0 bridgehead atoms. The van der Waals surface area contributed by atoms with Crippen LogP contribution in [0.3, 0.4) is 0 Å². The lowest BCUT2D eigenvalue weighted by Crippen LogP contribution is -2.50. The third-order valence-electron chi connectivity index (χ3n) is 4.42. The summed E-state index contributed by atoms with van der Waals surface area (Å²) in [5.41, 5.74) is 4.94. The number of hydrogen-bond acceptors (Lipinski definition) is 5. The topological polar surface area (TPSA) is 116 Å². The van der Waals surface area contributed by atoms with Crippen molar-refractivity contribution in [2.45, 2.75) is 26.7 Å². The van der Waals surface area contributed by atoms with Gasteiger partial charge in [-0.25, -0.2) is 13.9 Å². The Morgan fingerprint density at radius 1 is 1.17 bits per heavy atom. The first-order valence-corrected chi connectivity index (χ1v) is 11.5. The molecule has 0 fully saturated rings. The Hall–Kier alpha value is -2.49. The maximum absolute atomic E-state index is 13.0. The van der Waals surface area contributed by atoms with E-state index in [-0.39, 0.29) is 18.9 Å². The summed E-state index contributed by atoms with van der Waals surface area (Å²) in [6.45, 7) is 7.18. The van der Waals surface area contributed by atoms with E-state index in [1.54, 1.807) is 11.6 Å². The number of hydrogen-bond donors (Lipinski definition) is 3. The van der Waals surface area contributed by atoms with Gasteiger partial charge in [0.05, 0.1) is 24.6 Å². The second-order valence-electron chi connectivity index (χ2n) is 7.43. The monoisotopic (exact) mass is 437 g/mol. The molecule has 0 unspecified atom stereocenters. The van der Waals surface area contributed by atoms with Crippen molar-refractivity contribution in [2.24, 2.45) is 17.8 Å². The van der Waals surface area contributed by atoms with Crippen molar-refractivity contribution < 1.29 is 23.2 Å². The molecule has 0 saturated carbocycles. The fourth-order valence-corrected chi connectivity index (χ4v) is 3.63. The Morgan fingerprint density at radius 2 is 1.80 bits per heavy atom. The minimum absolute atomic E-state index is 0.0546. The van der Waals surface area contributed by atoms with E-state index in [1.807, 2.05) is 50.3 Å². The van der Waals surface area contributed by atoms with Crippen molar-refractivity contribution in [3.8, 4) is 0 Å². The van der Waals surface area contributed by atoms with Crippen LogP contribution in [0, 0.1) is 17.8 Å². The van der Waals surface area contributed by atoms with Crippen LogP contribution in [0.4, 0.5) is 0 Å². The lowest BCUT2D eigenvalue weighted by molar-refractivity contribution is -0.141. The van der Waals surface area contributed by atoms with E-state index in [9.17, 15) is 23.2 Å². The maximum atomic E-state index is 13.0. The van der Waals surface area contributed by atoms with Crippen LogP contribution in [0.2, 0.25) is 0 Å². The molecule has 0 aliphatic rings.